The lowest BCUT2D eigenvalue weighted by atomic mass is 10.0. The van der Waals surface area contributed by atoms with Gasteiger partial charge in [0.05, 0.1) is 11.0 Å². The van der Waals surface area contributed by atoms with Gasteiger partial charge in [-0.1, -0.05) is 43.3 Å². The van der Waals surface area contributed by atoms with Crippen LogP contribution in [0.2, 0.25) is 0 Å². The summed E-state index contributed by atoms with van der Waals surface area (Å²) in [6, 6.07) is 15.4. The first-order valence-corrected chi connectivity index (χ1v) is 8.98. The van der Waals surface area contributed by atoms with Crippen LogP contribution in [0, 0.1) is 0 Å². The number of rotatable bonds is 8. The van der Waals surface area contributed by atoms with Crippen LogP contribution < -0.4 is 5.32 Å². The van der Waals surface area contributed by atoms with Crippen LogP contribution in [-0.2, 0) is 17.6 Å². The Labute approximate surface area is 152 Å². The zero-order valence-corrected chi connectivity index (χ0v) is 14.9. The molecule has 26 heavy (non-hydrogen) atoms. The second-order valence-electron chi connectivity index (χ2n) is 6.27. The smallest absolute Gasteiger partial charge is 0.220 e. The Morgan fingerprint density at radius 1 is 1.04 bits per heavy atom. The molecule has 0 fully saturated rings. The van der Waals surface area contributed by atoms with Crippen LogP contribution in [0.4, 0.5) is 0 Å². The Balaban J connectivity index is 1.41. The molecule has 0 bridgehead atoms. The van der Waals surface area contributed by atoms with Crippen molar-refractivity contribution in [3.63, 3.8) is 0 Å². The summed E-state index contributed by atoms with van der Waals surface area (Å²) in [7, 11) is 0. The molecule has 0 atom stereocenters. The van der Waals surface area contributed by atoms with E-state index >= 15 is 0 Å². The maximum atomic E-state index is 12.1. The average molecular weight is 349 g/mol. The van der Waals surface area contributed by atoms with Gasteiger partial charge in [0.2, 0.25) is 5.91 Å². The predicted octanol–water partition coefficient (Wildman–Crippen LogP) is 3.45. The Morgan fingerprint density at radius 3 is 2.54 bits per heavy atom. The highest BCUT2D eigenvalue weighted by Gasteiger charge is 2.09. The molecule has 5 heteroatoms. The highest BCUT2D eigenvalue weighted by molar-refractivity contribution is 5.97. The molecule has 0 saturated heterocycles. The minimum absolute atomic E-state index is 0.0000808. The van der Waals surface area contributed by atoms with Gasteiger partial charge in [0.1, 0.15) is 5.82 Å². The van der Waals surface area contributed by atoms with Crippen molar-refractivity contribution >= 4 is 22.7 Å². The van der Waals surface area contributed by atoms with Crippen molar-refractivity contribution in [1.29, 1.82) is 0 Å². The highest BCUT2D eigenvalue weighted by atomic mass is 16.2. The number of H-pyrrole nitrogens is 1. The summed E-state index contributed by atoms with van der Waals surface area (Å²) in [4.78, 5) is 31.8. The number of ketones is 1. The molecule has 2 N–H and O–H groups in total. The number of fused-ring (bicyclic) bond motifs is 1. The molecule has 0 aliphatic rings. The van der Waals surface area contributed by atoms with Crippen LogP contribution in [0.1, 0.15) is 41.5 Å². The Kier molecular flexibility index (Phi) is 5.79. The minimum Gasteiger partial charge on any atom is -0.356 e. The molecule has 1 amide bonds. The number of hydrogen-bond donors (Lipinski definition) is 2. The maximum absolute atomic E-state index is 12.1. The van der Waals surface area contributed by atoms with Gasteiger partial charge in [0.25, 0.3) is 0 Å². The van der Waals surface area contributed by atoms with Crippen LogP contribution in [0.5, 0.6) is 0 Å². The number of hydrogen-bond acceptors (Lipinski definition) is 3. The third-order valence-corrected chi connectivity index (χ3v) is 4.39. The zero-order chi connectivity index (χ0) is 18.4. The van der Waals surface area contributed by atoms with Crippen LogP contribution in [0.25, 0.3) is 11.0 Å². The zero-order valence-electron chi connectivity index (χ0n) is 14.9. The summed E-state index contributed by atoms with van der Waals surface area (Å²) in [6.45, 7) is 2.57. The van der Waals surface area contributed by atoms with Gasteiger partial charge >= 0.3 is 0 Å². The van der Waals surface area contributed by atoms with Crippen molar-refractivity contribution in [3.05, 3.63) is 65.5 Å². The number of nitrogens with zero attached hydrogens (tertiary/aromatic N) is 1. The molecule has 1 aromatic heterocycles. The summed E-state index contributed by atoms with van der Waals surface area (Å²) >= 11 is 0. The van der Waals surface area contributed by atoms with E-state index in [1.807, 2.05) is 48.5 Å². The normalized spacial score (nSPS) is 10.8. The number of Topliss-reactive ketones (excluding diaryl/α,β-unsaturated/α-hetero) is 1. The van der Waals surface area contributed by atoms with Crippen molar-refractivity contribution in [1.82, 2.24) is 15.3 Å². The third-order valence-electron chi connectivity index (χ3n) is 4.39. The molecule has 3 aromatic rings. The highest BCUT2D eigenvalue weighted by Crippen LogP contribution is 2.11. The van der Waals surface area contributed by atoms with E-state index in [2.05, 4.69) is 22.2 Å². The molecular weight excluding hydrogens is 326 g/mol. The number of aromatic nitrogens is 2. The van der Waals surface area contributed by atoms with Gasteiger partial charge in [0.15, 0.2) is 5.78 Å². The van der Waals surface area contributed by atoms with Crippen molar-refractivity contribution in [3.8, 4) is 0 Å². The van der Waals surface area contributed by atoms with E-state index in [-0.39, 0.29) is 24.5 Å². The number of amides is 1. The monoisotopic (exact) mass is 349 g/mol. The van der Waals surface area contributed by atoms with Crippen molar-refractivity contribution in [2.24, 2.45) is 0 Å². The number of benzene rings is 2. The van der Waals surface area contributed by atoms with E-state index in [0.717, 1.165) is 23.3 Å². The lowest BCUT2D eigenvalue weighted by Gasteiger charge is -2.05. The van der Waals surface area contributed by atoms with E-state index in [4.69, 9.17) is 0 Å². The largest absolute Gasteiger partial charge is 0.356 e. The molecule has 0 radical (unpaired) electrons. The lowest BCUT2D eigenvalue weighted by Crippen LogP contribution is -2.26. The first-order valence-electron chi connectivity index (χ1n) is 8.98. The topological polar surface area (TPSA) is 74.8 Å². The predicted molar refractivity (Wildman–Crippen MR) is 102 cm³/mol. The molecule has 1 heterocycles. The fourth-order valence-corrected chi connectivity index (χ4v) is 2.83. The Hall–Kier alpha value is -2.95. The first-order chi connectivity index (χ1) is 12.7. The molecule has 3 rings (SSSR count). The van der Waals surface area contributed by atoms with Gasteiger partial charge in [-0.15, -0.1) is 0 Å². The molecule has 0 aliphatic heterocycles. The van der Waals surface area contributed by atoms with Gasteiger partial charge in [-0.3, -0.25) is 9.59 Å². The van der Waals surface area contributed by atoms with Gasteiger partial charge in [0, 0.05) is 31.4 Å². The fourth-order valence-electron chi connectivity index (χ4n) is 2.83. The van der Waals surface area contributed by atoms with Crippen molar-refractivity contribution in [2.75, 3.05) is 6.54 Å². The molecule has 134 valence electrons. The SMILES string of the molecule is CCc1ccc(C(=O)CCC(=O)NCCc2nc3ccccc3[nH]2)cc1. The van der Waals surface area contributed by atoms with Gasteiger partial charge in [-0.2, -0.15) is 0 Å². The molecule has 0 spiro atoms. The van der Waals surface area contributed by atoms with E-state index in [1.54, 1.807) is 0 Å². The first kappa shape index (κ1) is 17.9. The van der Waals surface area contributed by atoms with Crippen molar-refractivity contribution < 1.29 is 9.59 Å². The van der Waals surface area contributed by atoms with Crippen LogP contribution >= 0.6 is 0 Å². The molecule has 0 unspecified atom stereocenters. The van der Waals surface area contributed by atoms with E-state index in [9.17, 15) is 9.59 Å². The number of imidazole rings is 1. The summed E-state index contributed by atoms with van der Waals surface area (Å²) in [5.41, 5.74) is 3.78. The number of para-hydroxylation sites is 2. The quantitative estimate of drug-likeness (QED) is 0.612. The summed E-state index contributed by atoms with van der Waals surface area (Å²) in [5, 5.41) is 2.85. The molecule has 0 aliphatic carbocycles. The van der Waals surface area contributed by atoms with E-state index in [1.165, 1.54) is 5.56 Å². The van der Waals surface area contributed by atoms with E-state index < -0.39 is 0 Å². The van der Waals surface area contributed by atoms with Crippen LogP contribution in [-0.4, -0.2) is 28.2 Å². The third kappa shape index (κ3) is 4.57. The van der Waals surface area contributed by atoms with Gasteiger partial charge < -0.3 is 10.3 Å². The molecular formula is C21H23N3O2. The maximum Gasteiger partial charge on any atom is 0.220 e. The summed E-state index contributed by atoms with van der Waals surface area (Å²) in [5.74, 6) is 0.735. The number of carbonyl (C=O) groups is 2. The fraction of sp³-hybridized carbons (Fsp3) is 0.286. The molecule has 5 nitrogen and oxygen atoms in total. The molecule has 0 saturated carbocycles. The molecule has 2 aromatic carbocycles. The average Bonchev–Trinajstić information content (AvgIpc) is 3.09. The standard InChI is InChI=1S/C21H23N3O2/c1-2-15-7-9-16(10-8-15)19(25)11-12-21(26)22-14-13-20-23-17-5-3-4-6-18(17)24-20/h3-10H,2,11-14H2,1H3,(H,22,26)(H,23,24). The lowest BCUT2D eigenvalue weighted by molar-refractivity contribution is -0.121. The second-order valence-corrected chi connectivity index (χ2v) is 6.27. The number of carbonyl (C=O) groups excluding carboxylic acids is 2. The van der Waals surface area contributed by atoms with E-state index in [0.29, 0.717) is 18.5 Å². The summed E-state index contributed by atoms with van der Waals surface area (Å²) < 4.78 is 0. The number of nitrogens with one attached hydrogen (secondary N) is 2. The van der Waals surface area contributed by atoms with Gasteiger partial charge in [-0.05, 0) is 24.1 Å². The van der Waals surface area contributed by atoms with Gasteiger partial charge in [-0.25, -0.2) is 4.98 Å². The Morgan fingerprint density at radius 2 is 1.81 bits per heavy atom. The second kappa shape index (κ2) is 8.43. The van der Waals surface area contributed by atoms with Crippen molar-refractivity contribution in [2.45, 2.75) is 32.6 Å². The number of aryl methyl sites for hydroxylation is 1. The Bertz CT molecular complexity index is 864. The van der Waals surface area contributed by atoms with Crippen LogP contribution in [0.15, 0.2) is 48.5 Å². The summed E-state index contributed by atoms with van der Waals surface area (Å²) in [6.07, 6.45) is 2.01. The van der Waals surface area contributed by atoms with Crippen LogP contribution in [0.3, 0.4) is 0 Å². The minimum atomic E-state index is -0.111. The number of aromatic amines is 1.